The van der Waals surface area contributed by atoms with Gasteiger partial charge in [0.2, 0.25) is 0 Å². The number of rotatable bonds is 4. The van der Waals surface area contributed by atoms with Crippen LogP contribution >= 0.6 is 12.2 Å². The van der Waals surface area contributed by atoms with Gasteiger partial charge >= 0.3 is 0 Å². The monoisotopic (exact) mass is 297 g/mol. The summed E-state index contributed by atoms with van der Waals surface area (Å²) in [5, 5.41) is 0. The maximum Gasteiger partial charge on any atom is 0.139 e. The Kier molecular flexibility index (Phi) is 4.24. The van der Waals surface area contributed by atoms with Crippen molar-refractivity contribution in [3.63, 3.8) is 0 Å². The van der Waals surface area contributed by atoms with Gasteiger partial charge in [0.05, 0.1) is 0 Å². The highest BCUT2D eigenvalue weighted by molar-refractivity contribution is 7.80. The molecule has 0 aliphatic rings. The van der Waals surface area contributed by atoms with Crippen LogP contribution in [-0.2, 0) is 6.61 Å². The molecule has 2 N–H and O–H groups in total. The molecule has 0 amide bonds. The van der Waals surface area contributed by atoms with E-state index < -0.39 is 17.5 Å². The third-order valence-electron chi connectivity index (χ3n) is 2.57. The molecule has 0 aromatic heterocycles. The Hall–Kier alpha value is -2.08. The molecule has 0 atom stereocenters. The molecule has 6 heteroatoms. The third-order valence-corrected chi connectivity index (χ3v) is 2.79. The van der Waals surface area contributed by atoms with Crippen LogP contribution < -0.4 is 10.5 Å². The van der Waals surface area contributed by atoms with E-state index in [-0.39, 0.29) is 28.5 Å². The van der Waals surface area contributed by atoms with Gasteiger partial charge in [-0.2, -0.15) is 0 Å². The van der Waals surface area contributed by atoms with Crippen LogP contribution in [0.2, 0.25) is 0 Å². The summed E-state index contributed by atoms with van der Waals surface area (Å²) in [6.45, 7) is -0.189. The lowest BCUT2D eigenvalue weighted by atomic mass is 10.1. The summed E-state index contributed by atoms with van der Waals surface area (Å²) in [7, 11) is 0. The average molecular weight is 297 g/mol. The zero-order valence-corrected chi connectivity index (χ0v) is 11.0. The minimum absolute atomic E-state index is 0.0253. The molecular formula is C14H10F3NOS. The maximum atomic E-state index is 14.0. The van der Waals surface area contributed by atoms with Crippen molar-refractivity contribution in [2.75, 3.05) is 0 Å². The lowest BCUT2D eigenvalue weighted by Gasteiger charge is -2.09. The van der Waals surface area contributed by atoms with Crippen LogP contribution in [0.3, 0.4) is 0 Å². The number of thiocarbonyl (C=S) groups is 1. The Labute approximate surface area is 119 Å². The molecule has 20 heavy (non-hydrogen) atoms. The van der Waals surface area contributed by atoms with Crippen LogP contribution in [-0.4, -0.2) is 4.99 Å². The molecule has 0 aliphatic carbocycles. The maximum absolute atomic E-state index is 14.0. The highest BCUT2D eigenvalue weighted by atomic mass is 32.1. The summed E-state index contributed by atoms with van der Waals surface area (Å²) in [5.41, 5.74) is 5.68. The topological polar surface area (TPSA) is 35.2 Å². The quantitative estimate of drug-likeness (QED) is 0.879. The van der Waals surface area contributed by atoms with Gasteiger partial charge in [-0.3, -0.25) is 0 Å². The lowest BCUT2D eigenvalue weighted by Crippen LogP contribution is -2.13. The van der Waals surface area contributed by atoms with Crippen LogP contribution in [0, 0.1) is 17.5 Å². The van der Waals surface area contributed by atoms with Crippen molar-refractivity contribution in [1.29, 1.82) is 0 Å². The van der Waals surface area contributed by atoms with E-state index in [4.69, 9.17) is 22.7 Å². The van der Waals surface area contributed by atoms with E-state index in [1.54, 1.807) is 6.07 Å². The predicted octanol–water partition coefficient (Wildman–Crippen LogP) is 3.32. The highest BCUT2D eigenvalue weighted by Crippen LogP contribution is 2.19. The van der Waals surface area contributed by atoms with Gasteiger partial charge in [0, 0.05) is 29.3 Å². The van der Waals surface area contributed by atoms with Crippen molar-refractivity contribution in [3.8, 4) is 5.75 Å². The van der Waals surface area contributed by atoms with E-state index >= 15 is 0 Å². The van der Waals surface area contributed by atoms with Crippen LogP contribution in [0.15, 0.2) is 36.4 Å². The minimum Gasteiger partial charge on any atom is -0.489 e. The molecular weight excluding hydrogens is 287 g/mol. The summed E-state index contributed by atoms with van der Waals surface area (Å²) in [4.78, 5) is -0.0684. The van der Waals surface area contributed by atoms with Crippen molar-refractivity contribution < 1.29 is 17.9 Å². The number of hydrogen-bond acceptors (Lipinski definition) is 2. The molecule has 0 radical (unpaired) electrons. The number of nitrogens with two attached hydrogens (primary N) is 1. The number of benzene rings is 2. The Balaban J connectivity index is 2.19. The van der Waals surface area contributed by atoms with E-state index in [2.05, 4.69) is 0 Å². The molecule has 0 spiro atoms. The van der Waals surface area contributed by atoms with Gasteiger partial charge < -0.3 is 10.5 Å². The van der Waals surface area contributed by atoms with Crippen LogP contribution in [0.5, 0.6) is 5.75 Å². The molecule has 0 saturated heterocycles. The summed E-state index contributed by atoms with van der Waals surface area (Å²) in [6.07, 6.45) is 0. The third kappa shape index (κ3) is 3.27. The van der Waals surface area contributed by atoms with E-state index in [0.29, 0.717) is 0 Å². The zero-order chi connectivity index (χ0) is 14.7. The number of halogens is 3. The fraction of sp³-hybridized carbons (Fsp3) is 0.0714. The zero-order valence-electron chi connectivity index (χ0n) is 10.2. The van der Waals surface area contributed by atoms with Gasteiger partial charge in [-0.15, -0.1) is 0 Å². The molecule has 0 fully saturated rings. The second-order valence-corrected chi connectivity index (χ2v) is 4.48. The fourth-order valence-corrected chi connectivity index (χ4v) is 1.81. The van der Waals surface area contributed by atoms with E-state index in [1.807, 2.05) is 0 Å². The van der Waals surface area contributed by atoms with Crippen LogP contribution in [0.25, 0.3) is 0 Å². The van der Waals surface area contributed by atoms with Gasteiger partial charge in [0.15, 0.2) is 0 Å². The van der Waals surface area contributed by atoms with Crippen molar-refractivity contribution in [2.45, 2.75) is 6.61 Å². The van der Waals surface area contributed by atoms with Crippen LogP contribution in [0.1, 0.15) is 11.1 Å². The molecule has 0 saturated carbocycles. The smallest absolute Gasteiger partial charge is 0.139 e. The van der Waals surface area contributed by atoms with Crippen molar-refractivity contribution in [2.24, 2.45) is 5.73 Å². The van der Waals surface area contributed by atoms with E-state index in [0.717, 1.165) is 18.2 Å². The molecule has 2 aromatic carbocycles. The molecule has 0 aliphatic heterocycles. The standard InChI is InChI=1S/C14H10F3NOS/c15-9-4-10(16)6-11(5-9)19-7-8-2-1-3-12(13(8)17)14(18)20/h1-6H,7H2,(H2,18,20). The van der Waals surface area contributed by atoms with Gasteiger partial charge in [-0.1, -0.05) is 24.4 Å². The van der Waals surface area contributed by atoms with Gasteiger partial charge in [0.1, 0.15) is 34.8 Å². The first kappa shape index (κ1) is 14.3. The fourth-order valence-electron chi connectivity index (χ4n) is 1.65. The average Bonchev–Trinajstić information content (AvgIpc) is 2.36. The second kappa shape index (κ2) is 5.92. The van der Waals surface area contributed by atoms with E-state index in [1.165, 1.54) is 12.1 Å². The molecule has 0 bridgehead atoms. The molecule has 104 valence electrons. The molecule has 0 unspecified atom stereocenters. The second-order valence-electron chi connectivity index (χ2n) is 4.04. The summed E-state index contributed by atoms with van der Waals surface area (Å²) in [6, 6.07) is 7.25. The highest BCUT2D eigenvalue weighted by Gasteiger charge is 2.11. The van der Waals surface area contributed by atoms with Crippen LogP contribution in [0.4, 0.5) is 13.2 Å². The van der Waals surface area contributed by atoms with E-state index in [9.17, 15) is 13.2 Å². The SMILES string of the molecule is NC(=S)c1cccc(COc2cc(F)cc(F)c2)c1F. The number of ether oxygens (including phenoxy) is 1. The van der Waals surface area contributed by atoms with Gasteiger partial charge in [-0.05, 0) is 6.07 Å². The Morgan fingerprint density at radius 2 is 1.75 bits per heavy atom. The predicted molar refractivity (Wildman–Crippen MR) is 73.0 cm³/mol. The summed E-state index contributed by atoms with van der Waals surface area (Å²) in [5.74, 6) is -2.16. The molecule has 2 rings (SSSR count). The lowest BCUT2D eigenvalue weighted by molar-refractivity contribution is 0.296. The largest absolute Gasteiger partial charge is 0.489 e. The number of hydrogen-bond donors (Lipinski definition) is 1. The first-order chi connectivity index (χ1) is 9.47. The minimum atomic E-state index is -0.766. The van der Waals surface area contributed by atoms with Crippen molar-refractivity contribution >= 4 is 17.2 Å². The molecule has 2 aromatic rings. The first-order valence-corrected chi connectivity index (χ1v) is 6.04. The van der Waals surface area contributed by atoms with Crippen molar-refractivity contribution in [3.05, 3.63) is 65.0 Å². The Morgan fingerprint density at radius 3 is 2.35 bits per heavy atom. The Bertz CT molecular complexity index is 641. The molecule has 0 heterocycles. The molecule has 2 nitrogen and oxygen atoms in total. The summed E-state index contributed by atoms with van der Waals surface area (Å²) >= 11 is 4.72. The normalized spacial score (nSPS) is 10.3. The summed E-state index contributed by atoms with van der Waals surface area (Å²) < 4.78 is 45.1. The van der Waals surface area contributed by atoms with Gasteiger partial charge in [-0.25, -0.2) is 13.2 Å². The Morgan fingerprint density at radius 1 is 1.10 bits per heavy atom. The van der Waals surface area contributed by atoms with Gasteiger partial charge in [0.25, 0.3) is 0 Å². The first-order valence-electron chi connectivity index (χ1n) is 5.63. The van der Waals surface area contributed by atoms with Crippen molar-refractivity contribution in [1.82, 2.24) is 0 Å².